The molecule has 0 amide bonds. The molecule has 1 unspecified atom stereocenters. The van der Waals surface area contributed by atoms with Gasteiger partial charge in [0.1, 0.15) is 0 Å². The minimum Gasteiger partial charge on any atom is -0.381 e. The van der Waals surface area contributed by atoms with Crippen LogP contribution in [-0.2, 0) is 20.8 Å². The first-order valence-electron chi connectivity index (χ1n) is 10.3. The molecular weight excluding hydrogens is 328 g/mol. The Labute approximate surface area is 157 Å². The van der Waals surface area contributed by atoms with Crippen LogP contribution >= 0.6 is 0 Å². The lowest BCUT2D eigenvalue weighted by Gasteiger charge is -2.45. The van der Waals surface area contributed by atoms with Gasteiger partial charge in [-0.1, -0.05) is 0 Å². The molecule has 5 nitrogen and oxygen atoms in total. The molecule has 1 aromatic heterocycles. The minimum absolute atomic E-state index is 0.113. The van der Waals surface area contributed by atoms with Gasteiger partial charge in [-0.15, -0.1) is 0 Å². The summed E-state index contributed by atoms with van der Waals surface area (Å²) >= 11 is 0. The van der Waals surface area contributed by atoms with Gasteiger partial charge in [-0.05, 0) is 62.1 Å². The molecule has 0 radical (unpaired) electrons. The molecule has 3 aliphatic rings. The zero-order valence-corrected chi connectivity index (χ0v) is 15.8. The lowest BCUT2D eigenvalue weighted by atomic mass is 9.77. The summed E-state index contributed by atoms with van der Waals surface area (Å²) in [7, 11) is 0. The molecule has 1 spiro atoms. The molecule has 0 bridgehead atoms. The van der Waals surface area contributed by atoms with E-state index in [4.69, 9.17) is 14.2 Å². The number of piperidine rings is 1. The lowest BCUT2D eigenvalue weighted by molar-refractivity contribution is -0.0849. The first-order valence-corrected chi connectivity index (χ1v) is 10.3. The number of hydrogen-bond acceptors (Lipinski definition) is 5. The van der Waals surface area contributed by atoms with E-state index in [2.05, 4.69) is 9.88 Å². The van der Waals surface area contributed by atoms with Crippen LogP contribution in [0.2, 0.25) is 0 Å². The molecule has 0 saturated carbocycles. The van der Waals surface area contributed by atoms with Crippen LogP contribution in [0.5, 0.6) is 0 Å². The van der Waals surface area contributed by atoms with Crippen molar-refractivity contribution in [1.29, 1.82) is 0 Å². The first-order chi connectivity index (χ1) is 12.9. The van der Waals surface area contributed by atoms with E-state index in [0.29, 0.717) is 12.5 Å². The molecule has 4 rings (SSSR count). The predicted octanol–water partition coefficient (Wildman–Crippen LogP) is 3.04. The Morgan fingerprint density at radius 1 is 1.08 bits per heavy atom. The number of ether oxygens (including phenoxy) is 3. The van der Waals surface area contributed by atoms with Crippen LogP contribution in [0.1, 0.15) is 44.1 Å². The van der Waals surface area contributed by atoms with Crippen LogP contribution in [0.3, 0.4) is 0 Å². The highest BCUT2D eigenvalue weighted by Crippen LogP contribution is 2.43. The quantitative estimate of drug-likeness (QED) is 0.730. The molecule has 0 aliphatic carbocycles. The number of aromatic nitrogens is 1. The third-order valence-electron chi connectivity index (χ3n) is 6.58. The highest BCUT2D eigenvalue weighted by molar-refractivity contribution is 5.07. The van der Waals surface area contributed by atoms with Gasteiger partial charge in [-0.3, -0.25) is 9.88 Å². The van der Waals surface area contributed by atoms with Crippen molar-refractivity contribution in [2.45, 2.75) is 56.8 Å². The van der Waals surface area contributed by atoms with Crippen LogP contribution in [0.25, 0.3) is 0 Å². The standard InChI is InChI=1S/C21H32N2O3/c1-9-22-10-2-18(1)17-25-13-3-19-4-16-26-21(19)7-11-23(12-8-21)20-5-14-24-15-6-20/h1-2,9-10,19-20H,3-8,11-17H2. The van der Waals surface area contributed by atoms with Crippen molar-refractivity contribution in [2.75, 3.05) is 39.5 Å². The Bertz CT molecular complexity index is 539. The Morgan fingerprint density at radius 3 is 2.62 bits per heavy atom. The van der Waals surface area contributed by atoms with E-state index in [1.54, 1.807) is 0 Å². The van der Waals surface area contributed by atoms with Gasteiger partial charge in [0.25, 0.3) is 0 Å². The van der Waals surface area contributed by atoms with Crippen LogP contribution in [0.15, 0.2) is 24.5 Å². The molecule has 144 valence electrons. The van der Waals surface area contributed by atoms with E-state index in [0.717, 1.165) is 38.9 Å². The molecule has 5 heteroatoms. The number of nitrogens with zero attached hydrogens (tertiary/aromatic N) is 2. The third-order valence-corrected chi connectivity index (χ3v) is 6.58. The van der Waals surface area contributed by atoms with Crippen LogP contribution in [0.4, 0.5) is 0 Å². The summed E-state index contributed by atoms with van der Waals surface area (Å²) in [4.78, 5) is 6.74. The van der Waals surface area contributed by atoms with Gasteiger partial charge < -0.3 is 14.2 Å². The van der Waals surface area contributed by atoms with Crippen molar-refractivity contribution < 1.29 is 14.2 Å². The second-order valence-corrected chi connectivity index (χ2v) is 7.98. The lowest BCUT2D eigenvalue weighted by Crippen LogP contribution is -2.51. The Balaban J connectivity index is 1.23. The molecule has 3 saturated heterocycles. The fourth-order valence-electron chi connectivity index (χ4n) is 4.96. The van der Waals surface area contributed by atoms with Crippen molar-refractivity contribution in [1.82, 2.24) is 9.88 Å². The zero-order valence-electron chi connectivity index (χ0n) is 15.8. The maximum Gasteiger partial charge on any atom is 0.0736 e. The van der Waals surface area contributed by atoms with Crippen molar-refractivity contribution in [3.63, 3.8) is 0 Å². The van der Waals surface area contributed by atoms with Crippen molar-refractivity contribution in [3.05, 3.63) is 30.1 Å². The maximum atomic E-state index is 6.33. The fraction of sp³-hybridized carbons (Fsp3) is 0.762. The highest BCUT2D eigenvalue weighted by atomic mass is 16.5. The summed E-state index contributed by atoms with van der Waals surface area (Å²) < 4.78 is 17.8. The zero-order chi connectivity index (χ0) is 17.7. The molecule has 0 N–H and O–H groups in total. The average Bonchev–Trinajstić information content (AvgIpc) is 3.09. The Hall–Kier alpha value is -1.01. The van der Waals surface area contributed by atoms with Crippen LogP contribution in [-0.4, -0.2) is 61.0 Å². The van der Waals surface area contributed by atoms with Gasteiger partial charge in [0.2, 0.25) is 0 Å². The van der Waals surface area contributed by atoms with Crippen molar-refractivity contribution >= 4 is 0 Å². The third kappa shape index (κ3) is 4.28. The predicted molar refractivity (Wildman–Crippen MR) is 99.9 cm³/mol. The second kappa shape index (κ2) is 8.79. The van der Waals surface area contributed by atoms with Gasteiger partial charge in [0, 0.05) is 58.0 Å². The van der Waals surface area contributed by atoms with Gasteiger partial charge in [0.15, 0.2) is 0 Å². The van der Waals surface area contributed by atoms with Crippen LogP contribution in [0, 0.1) is 5.92 Å². The second-order valence-electron chi connectivity index (χ2n) is 7.98. The summed E-state index contributed by atoms with van der Waals surface area (Å²) in [6.07, 6.45) is 10.7. The maximum absolute atomic E-state index is 6.33. The van der Waals surface area contributed by atoms with Gasteiger partial charge in [-0.25, -0.2) is 0 Å². The molecule has 4 heterocycles. The van der Waals surface area contributed by atoms with E-state index in [1.807, 2.05) is 24.5 Å². The molecular formula is C21H32N2O3. The summed E-state index contributed by atoms with van der Waals surface area (Å²) in [5, 5.41) is 0. The van der Waals surface area contributed by atoms with E-state index in [-0.39, 0.29) is 5.60 Å². The number of hydrogen-bond donors (Lipinski definition) is 0. The van der Waals surface area contributed by atoms with Crippen molar-refractivity contribution in [2.24, 2.45) is 5.92 Å². The van der Waals surface area contributed by atoms with E-state index in [1.165, 1.54) is 50.8 Å². The minimum atomic E-state index is 0.113. The van der Waals surface area contributed by atoms with Gasteiger partial charge >= 0.3 is 0 Å². The van der Waals surface area contributed by atoms with E-state index < -0.39 is 0 Å². The highest BCUT2D eigenvalue weighted by Gasteiger charge is 2.46. The first kappa shape index (κ1) is 18.4. The smallest absolute Gasteiger partial charge is 0.0736 e. The molecule has 1 aromatic rings. The number of likely N-dealkylation sites (tertiary alicyclic amines) is 1. The Morgan fingerprint density at radius 2 is 1.85 bits per heavy atom. The van der Waals surface area contributed by atoms with Gasteiger partial charge in [0.05, 0.1) is 12.2 Å². The molecule has 1 atom stereocenters. The fourth-order valence-corrected chi connectivity index (χ4v) is 4.96. The topological polar surface area (TPSA) is 43.8 Å². The molecule has 0 aromatic carbocycles. The number of rotatable bonds is 6. The summed E-state index contributed by atoms with van der Waals surface area (Å²) in [6.45, 7) is 6.65. The molecule has 3 fully saturated rings. The van der Waals surface area contributed by atoms with Crippen molar-refractivity contribution in [3.8, 4) is 0 Å². The normalized spacial score (nSPS) is 27.2. The number of pyridine rings is 1. The largest absolute Gasteiger partial charge is 0.381 e. The van der Waals surface area contributed by atoms with E-state index >= 15 is 0 Å². The monoisotopic (exact) mass is 360 g/mol. The Kier molecular flexibility index (Phi) is 6.20. The average molecular weight is 360 g/mol. The SMILES string of the molecule is c1cc(COCCC2CCOC23CCN(C2CCOCC2)CC3)ccn1. The van der Waals surface area contributed by atoms with Gasteiger partial charge in [-0.2, -0.15) is 0 Å². The van der Waals surface area contributed by atoms with E-state index in [9.17, 15) is 0 Å². The molecule has 3 aliphatic heterocycles. The summed E-state index contributed by atoms with van der Waals surface area (Å²) in [5.74, 6) is 0.650. The summed E-state index contributed by atoms with van der Waals surface area (Å²) in [6, 6.07) is 4.77. The van der Waals surface area contributed by atoms with Crippen LogP contribution < -0.4 is 0 Å². The molecule has 26 heavy (non-hydrogen) atoms. The summed E-state index contributed by atoms with van der Waals surface area (Å²) in [5.41, 5.74) is 1.31.